The Kier molecular flexibility index (Phi) is 4.42. The van der Waals surface area contributed by atoms with Crippen LogP contribution in [0.5, 0.6) is 0 Å². The predicted molar refractivity (Wildman–Crippen MR) is 84.6 cm³/mol. The van der Waals surface area contributed by atoms with Crippen LogP contribution in [-0.4, -0.2) is 25.0 Å². The average Bonchev–Trinajstić information content (AvgIpc) is 2.92. The van der Waals surface area contributed by atoms with E-state index in [0.717, 1.165) is 18.5 Å². The fourth-order valence-electron chi connectivity index (χ4n) is 4.13. The molecule has 1 aliphatic heterocycles. The van der Waals surface area contributed by atoms with Crippen molar-refractivity contribution in [3.8, 4) is 0 Å². The molecule has 1 N–H and O–H groups in total. The molecule has 1 heterocycles. The Labute approximate surface area is 123 Å². The smallest absolute Gasteiger partial charge is 0.0236 e. The second-order valence-electron chi connectivity index (χ2n) is 6.78. The standard InChI is InChI=1S/C18H28N2/c1-19-14-16-6-2-3-7-17(16)15-20-12-10-18(11-13-20)8-4-5-9-18/h2-3,6-7,19H,4-5,8-15H2,1H3. The molecule has 1 spiro atoms. The third-order valence-electron chi connectivity index (χ3n) is 5.46. The van der Waals surface area contributed by atoms with E-state index in [9.17, 15) is 0 Å². The van der Waals surface area contributed by atoms with Gasteiger partial charge in [0, 0.05) is 13.1 Å². The summed E-state index contributed by atoms with van der Waals surface area (Å²) in [6.07, 6.45) is 8.81. The molecule has 2 aliphatic rings. The quantitative estimate of drug-likeness (QED) is 0.901. The van der Waals surface area contributed by atoms with Crippen LogP contribution in [-0.2, 0) is 13.1 Å². The highest BCUT2D eigenvalue weighted by molar-refractivity contribution is 5.27. The molecule has 20 heavy (non-hydrogen) atoms. The first-order chi connectivity index (χ1) is 9.81. The summed E-state index contributed by atoms with van der Waals surface area (Å²) in [4.78, 5) is 2.66. The number of nitrogens with one attached hydrogen (secondary N) is 1. The van der Waals surface area contributed by atoms with E-state index in [1.807, 2.05) is 7.05 Å². The number of nitrogens with zero attached hydrogens (tertiary/aromatic N) is 1. The van der Waals surface area contributed by atoms with Crippen molar-refractivity contribution >= 4 is 0 Å². The Balaban J connectivity index is 1.59. The predicted octanol–water partition coefficient (Wildman–Crippen LogP) is 3.56. The van der Waals surface area contributed by atoms with Crippen LogP contribution in [0.4, 0.5) is 0 Å². The van der Waals surface area contributed by atoms with Crippen molar-refractivity contribution in [2.45, 2.75) is 51.6 Å². The molecule has 0 radical (unpaired) electrons. The molecule has 2 nitrogen and oxygen atoms in total. The third-order valence-corrected chi connectivity index (χ3v) is 5.46. The maximum absolute atomic E-state index is 3.28. The van der Waals surface area contributed by atoms with Gasteiger partial charge in [0.15, 0.2) is 0 Å². The zero-order valence-corrected chi connectivity index (χ0v) is 12.8. The van der Waals surface area contributed by atoms with E-state index >= 15 is 0 Å². The fraction of sp³-hybridized carbons (Fsp3) is 0.667. The van der Waals surface area contributed by atoms with Gasteiger partial charge in [0.05, 0.1) is 0 Å². The fourth-order valence-corrected chi connectivity index (χ4v) is 4.13. The average molecular weight is 272 g/mol. The van der Waals surface area contributed by atoms with Crippen LogP contribution in [0.25, 0.3) is 0 Å². The Hall–Kier alpha value is -0.860. The molecule has 2 fully saturated rings. The Morgan fingerprint density at radius 2 is 1.65 bits per heavy atom. The highest BCUT2D eigenvalue weighted by Crippen LogP contribution is 2.46. The summed E-state index contributed by atoms with van der Waals surface area (Å²) in [6, 6.07) is 8.89. The summed E-state index contributed by atoms with van der Waals surface area (Å²) in [6.45, 7) is 4.71. The third kappa shape index (κ3) is 3.07. The van der Waals surface area contributed by atoms with Gasteiger partial charge in [-0.15, -0.1) is 0 Å². The van der Waals surface area contributed by atoms with Crippen molar-refractivity contribution in [1.29, 1.82) is 0 Å². The maximum atomic E-state index is 3.28. The van der Waals surface area contributed by atoms with Gasteiger partial charge in [-0.3, -0.25) is 4.90 Å². The summed E-state index contributed by atoms with van der Waals surface area (Å²) in [5.74, 6) is 0. The molecule has 1 saturated carbocycles. The van der Waals surface area contributed by atoms with Crippen LogP contribution in [0.15, 0.2) is 24.3 Å². The molecule has 2 heteroatoms. The lowest BCUT2D eigenvalue weighted by Gasteiger charge is -2.39. The van der Waals surface area contributed by atoms with Crippen LogP contribution in [0.2, 0.25) is 0 Å². The lowest BCUT2D eigenvalue weighted by atomic mass is 9.77. The van der Waals surface area contributed by atoms with E-state index in [2.05, 4.69) is 34.5 Å². The lowest BCUT2D eigenvalue weighted by molar-refractivity contribution is 0.103. The zero-order chi connectivity index (χ0) is 13.8. The molecule has 1 aromatic carbocycles. The Morgan fingerprint density at radius 3 is 2.30 bits per heavy atom. The molecular weight excluding hydrogens is 244 g/mol. The molecule has 0 bridgehead atoms. The van der Waals surface area contributed by atoms with Crippen molar-refractivity contribution in [1.82, 2.24) is 10.2 Å². The first-order valence-electron chi connectivity index (χ1n) is 8.25. The summed E-state index contributed by atoms with van der Waals surface area (Å²) in [5.41, 5.74) is 3.70. The van der Waals surface area contributed by atoms with E-state index in [1.165, 1.54) is 62.7 Å². The van der Waals surface area contributed by atoms with Crippen LogP contribution in [0, 0.1) is 5.41 Å². The molecule has 0 amide bonds. The van der Waals surface area contributed by atoms with Crippen LogP contribution in [0.3, 0.4) is 0 Å². The highest BCUT2D eigenvalue weighted by Gasteiger charge is 2.36. The highest BCUT2D eigenvalue weighted by atomic mass is 15.1. The van der Waals surface area contributed by atoms with Crippen LogP contribution in [0.1, 0.15) is 49.7 Å². The number of hydrogen-bond acceptors (Lipinski definition) is 2. The van der Waals surface area contributed by atoms with Gasteiger partial charge in [0.2, 0.25) is 0 Å². The molecule has 0 atom stereocenters. The summed E-state index contributed by atoms with van der Waals surface area (Å²) < 4.78 is 0. The summed E-state index contributed by atoms with van der Waals surface area (Å²) >= 11 is 0. The van der Waals surface area contributed by atoms with Crippen molar-refractivity contribution in [3.63, 3.8) is 0 Å². The number of benzene rings is 1. The molecule has 1 aliphatic carbocycles. The molecule has 1 aromatic rings. The van der Waals surface area contributed by atoms with E-state index in [1.54, 1.807) is 0 Å². The second-order valence-corrected chi connectivity index (χ2v) is 6.78. The summed E-state index contributed by atoms with van der Waals surface area (Å²) in [7, 11) is 2.03. The van der Waals surface area contributed by atoms with Gasteiger partial charge in [-0.1, -0.05) is 37.1 Å². The van der Waals surface area contributed by atoms with Crippen molar-refractivity contribution < 1.29 is 0 Å². The van der Waals surface area contributed by atoms with Gasteiger partial charge in [0.1, 0.15) is 0 Å². The zero-order valence-electron chi connectivity index (χ0n) is 12.8. The normalized spacial score (nSPS) is 22.4. The van der Waals surface area contributed by atoms with Crippen LogP contribution < -0.4 is 5.32 Å². The van der Waals surface area contributed by atoms with Crippen molar-refractivity contribution in [2.75, 3.05) is 20.1 Å². The van der Waals surface area contributed by atoms with Gasteiger partial charge in [0.25, 0.3) is 0 Å². The number of piperidine rings is 1. The minimum Gasteiger partial charge on any atom is -0.316 e. The van der Waals surface area contributed by atoms with Gasteiger partial charge in [-0.25, -0.2) is 0 Å². The number of rotatable bonds is 4. The molecule has 3 rings (SSSR count). The van der Waals surface area contributed by atoms with Gasteiger partial charge in [-0.05, 0) is 62.4 Å². The number of hydrogen-bond donors (Lipinski definition) is 1. The maximum Gasteiger partial charge on any atom is 0.0236 e. The summed E-state index contributed by atoms with van der Waals surface area (Å²) in [5, 5.41) is 3.28. The second kappa shape index (κ2) is 6.28. The SMILES string of the molecule is CNCc1ccccc1CN1CCC2(CCCC2)CC1. The van der Waals surface area contributed by atoms with E-state index in [0.29, 0.717) is 0 Å². The van der Waals surface area contributed by atoms with Crippen molar-refractivity contribution in [3.05, 3.63) is 35.4 Å². The topological polar surface area (TPSA) is 15.3 Å². The Morgan fingerprint density at radius 1 is 1.00 bits per heavy atom. The molecule has 0 unspecified atom stereocenters. The first-order valence-corrected chi connectivity index (χ1v) is 8.25. The van der Waals surface area contributed by atoms with Gasteiger partial charge in [-0.2, -0.15) is 0 Å². The van der Waals surface area contributed by atoms with Crippen LogP contribution >= 0.6 is 0 Å². The van der Waals surface area contributed by atoms with Gasteiger partial charge < -0.3 is 5.32 Å². The minimum atomic E-state index is 0.737. The Bertz CT molecular complexity index is 425. The van der Waals surface area contributed by atoms with E-state index in [4.69, 9.17) is 0 Å². The monoisotopic (exact) mass is 272 g/mol. The van der Waals surface area contributed by atoms with E-state index < -0.39 is 0 Å². The van der Waals surface area contributed by atoms with Crippen molar-refractivity contribution in [2.24, 2.45) is 5.41 Å². The molecule has 0 aromatic heterocycles. The number of likely N-dealkylation sites (tertiary alicyclic amines) is 1. The lowest BCUT2D eigenvalue weighted by Crippen LogP contribution is -2.38. The first kappa shape index (κ1) is 14.1. The van der Waals surface area contributed by atoms with E-state index in [-0.39, 0.29) is 0 Å². The minimum absolute atomic E-state index is 0.737. The van der Waals surface area contributed by atoms with Gasteiger partial charge >= 0.3 is 0 Å². The largest absolute Gasteiger partial charge is 0.316 e. The molecule has 1 saturated heterocycles. The molecule has 110 valence electrons. The molecular formula is C18H28N2.